The fourth-order valence-electron chi connectivity index (χ4n) is 4.66. The minimum Gasteiger partial charge on any atom is -0.464 e. The number of aromatic nitrogens is 1. The Balaban J connectivity index is 1.48. The highest BCUT2D eigenvalue weighted by Crippen LogP contribution is 2.28. The Hall–Kier alpha value is -4.10. The molecular weight excluding hydrogens is 466 g/mol. The van der Waals surface area contributed by atoms with Gasteiger partial charge in [-0.15, -0.1) is 0 Å². The van der Waals surface area contributed by atoms with Crippen molar-refractivity contribution in [2.24, 2.45) is 0 Å². The van der Waals surface area contributed by atoms with Crippen LogP contribution in [0.4, 0.5) is 0 Å². The van der Waals surface area contributed by atoms with Gasteiger partial charge in [0.25, 0.3) is 11.8 Å². The molecule has 7 heteroatoms. The number of furan rings is 1. The summed E-state index contributed by atoms with van der Waals surface area (Å²) in [7, 11) is 0. The standard InChI is InChI=1S/C30H31N3O4/c1-21-14-17-27(37-21)28(29(34)31-19-24-13-8-18-36-24)33(20-22-9-4-2-5-10-22)30(35)26-16-15-25(32-26)23-11-6-3-7-12-23/h2-7,9-12,14-17,24,28,32H,8,13,18-20H2,1H3,(H,31,34)/t24-,28+/m1/s1. The summed E-state index contributed by atoms with van der Waals surface area (Å²) in [6.45, 7) is 3.15. The molecule has 2 aromatic carbocycles. The lowest BCUT2D eigenvalue weighted by molar-refractivity contribution is -0.127. The molecule has 2 amide bonds. The molecule has 190 valence electrons. The summed E-state index contributed by atoms with van der Waals surface area (Å²) in [5.74, 6) is 0.494. The van der Waals surface area contributed by atoms with Gasteiger partial charge in [0.1, 0.15) is 17.2 Å². The smallest absolute Gasteiger partial charge is 0.271 e. The van der Waals surface area contributed by atoms with Crippen LogP contribution < -0.4 is 5.32 Å². The number of carbonyl (C=O) groups is 2. The molecule has 4 aromatic rings. The van der Waals surface area contributed by atoms with Crippen LogP contribution in [-0.4, -0.2) is 41.0 Å². The highest BCUT2D eigenvalue weighted by atomic mass is 16.5. The second kappa shape index (κ2) is 11.3. The molecule has 2 N–H and O–H groups in total. The molecule has 2 aromatic heterocycles. The van der Waals surface area contributed by atoms with E-state index in [1.54, 1.807) is 17.0 Å². The summed E-state index contributed by atoms with van der Waals surface area (Å²) in [4.78, 5) is 32.5. The quantitative estimate of drug-likeness (QED) is 0.330. The molecule has 0 bridgehead atoms. The van der Waals surface area contributed by atoms with E-state index in [9.17, 15) is 9.59 Å². The normalized spacial score (nSPS) is 15.9. The Morgan fingerprint density at radius 2 is 1.76 bits per heavy atom. The number of carbonyl (C=O) groups excluding carboxylic acids is 2. The minimum absolute atomic E-state index is 0.0157. The van der Waals surface area contributed by atoms with E-state index < -0.39 is 6.04 Å². The van der Waals surface area contributed by atoms with Crippen LogP contribution in [0.2, 0.25) is 0 Å². The van der Waals surface area contributed by atoms with Gasteiger partial charge in [0.15, 0.2) is 6.04 Å². The molecule has 0 unspecified atom stereocenters. The molecule has 0 spiro atoms. The van der Waals surface area contributed by atoms with Crippen LogP contribution in [0.25, 0.3) is 11.3 Å². The number of nitrogens with one attached hydrogen (secondary N) is 2. The molecule has 3 heterocycles. The van der Waals surface area contributed by atoms with Gasteiger partial charge in [0, 0.05) is 25.4 Å². The van der Waals surface area contributed by atoms with Crippen molar-refractivity contribution in [1.82, 2.24) is 15.2 Å². The molecule has 1 saturated heterocycles. The maximum absolute atomic E-state index is 14.0. The van der Waals surface area contributed by atoms with Crippen molar-refractivity contribution in [3.63, 3.8) is 0 Å². The van der Waals surface area contributed by atoms with Gasteiger partial charge in [-0.1, -0.05) is 60.7 Å². The Labute approximate surface area is 216 Å². The number of ether oxygens (including phenoxy) is 1. The Kier molecular flexibility index (Phi) is 7.51. The monoisotopic (exact) mass is 497 g/mol. The molecular formula is C30H31N3O4. The SMILES string of the molecule is Cc1ccc([C@@H](C(=O)NC[C@H]2CCCO2)N(Cc2ccccc2)C(=O)c2ccc(-c3ccccc3)[nH]2)o1. The lowest BCUT2D eigenvalue weighted by atomic mass is 10.1. The summed E-state index contributed by atoms with van der Waals surface area (Å²) < 4.78 is 11.6. The average molecular weight is 498 g/mol. The largest absolute Gasteiger partial charge is 0.464 e. The van der Waals surface area contributed by atoms with Crippen molar-refractivity contribution >= 4 is 11.8 Å². The number of rotatable bonds is 9. The highest BCUT2D eigenvalue weighted by molar-refractivity contribution is 5.97. The predicted molar refractivity (Wildman–Crippen MR) is 141 cm³/mol. The molecule has 2 atom stereocenters. The molecule has 1 fully saturated rings. The van der Waals surface area contributed by atoms with Crippen molar-refractivity contribution in [3.8, 4) is 11.3 Å². The van der Waals surface area contributed by atoms with Gasteiger partial charge in [0.05, 0.1) is 6.10 Å². The van der Waals surface area contributed by atoms with Gasteiger partial charge in [0.2, 0.25) is 0 Å². The van der Waals surface area contributed by atoms with Gasteiger partial charge in [-0.25, -0.2) is 0 Å². The van der Waals surface area contributed by atoms with Gasteiger partial charge < -0.3 is 24.4 Å². The number of aryl methyl sites for hydroxylation is 1. The minimum atomic E-state index is -0.953. The van der Waals surface area contributed by atoms with Gasteiger partial charge in [-0.05, 0) is 55.2 Å². The number of H-pyrrole nitrogens is 1. The summed E-state index contributed by atoms with van der Waals surface area (Å²) in [6, 6.07) is 25.7. The van der Waals surface area contributed by atoms with Crippen molar-refractivity contribution in [1.29, 1.82) is 0 Å². The zero-order valence-electron chi connectivity index (χ0n) is 20.9. The summed E-state index contributed by atoms with van der Waals surface area (Å²) in [5.41, 5.74) is 3.11. The molecule has 37 heavy (non-hydrogen) atoms. The van der Waals surface area contributed by atoms with Crippen LogP contribution in [0.3, 0.4) is 0 Å². The predicted octanol–water partition coefficient (Wildman–Crippen LogP) is 5.26. The molecule has 1 aliphatic heterocycles. The molecule has 0 radical (unpaired) electrons. The molecule has 0 saturated carbocycles. The van der Waals surface area contributed by atoms with Crippen LogP contribution in [0.5, 0.6) is 0 Å². The van der Waals surface area contributed by atoms with Crippen LogP contribution in [0.15, 0.2) is 89.3 Å². The van der Waals surface area contributed by atoms with E-state index in [1.807, 2.05) is 79.7 Å². The topological polar surface area (TPSA) is 87.6 Å². The second-order valence-electron chi connectivity index (χ2n) is 9.30. The third-order valence-electron chi connectivity index (χ3n) is 6.58. The van der Waals surface area contributed by atoms with Crippen LogP contribution >= 0.6 is 0 Å². The Morgan fingerprint density at radius 1 is 1.00 bits per heavy atom. The number of hydrogen-bond donors (Lipinski definition) is 2. The fraction of sp³-hybridized carbons (Fsp3) is 0.267. The third-order valence-corrected chi connectivity index (χ3v) is 6.58. The van der Waals surface area contributed by atoms with E-state index in [2.05, 4.69) is 10.3 Å². The maximum atomic E-state index is 14.0. The molecule has 7 nitrogen and oxygen atoms in total. The van der Waals surface area contributed by atoms with Gasteiger partial charge in [-0.2, -0.15) is 0 Å². The lowest BCUT2D eigenvalue weighted by Crippen LogP contribution is -2.45. The fourth-order valence-corrected chi connectivity index (χ4v) is 4.66. The zero-order valence-corrected chi connectivity index (χ0v) is 20.9. The van der Waals surface area contributed by atoms with Crippen molar-refractivity contribution in [3.05, 3.63) is 108 Å². The first-order valence-corrected chi connectivity index (χ1v) is 12.6. The van der Waals surface area contributed by atoms with Gasteiger partial charge >= 0.3 is 0 Å². The van der Waals surface area contributed by atoms with E-state index in [0.29, 0.717) is 30.4 Å². The third kappa shape index (κ3) is 5.84. The molecule has 0 aliphatic carbocycles. The summed E-state index contributed by atoms with van der Waals surface area (Å²) in [5, 5.41) is 3.01. The van der Waals surface area contributed by atoms with Crippen LogP contribution in [0, 0.1) is 6.92 Å². The summed E-state index contributed by atoms with van der Waals surface area (Å²) in [6.07, 6.45) is 1.87. The number of benzene rings is 2. The van der Waals surface area contributed by atoms with Gasteiger partial charge in [-0.3, -0.25) is 9.59 Å². The first-order chi connectivity index (χ1) is 18.1. The average Bonchev–Trinajstić information content (AvgIpc) is 3.71. The first-order valence-electron chi connectivity index (χ1n) is 12.6. The lowest BCUT2D eigenvalue weighted by Gasteiger charge is -2.30. The van der Waals surface area contributed by atoms with E-state index in [1.165, 1.54) is 0 Å². The zero-order chi connectivity index (χ0) is 25.6. The van der Waals surface area contributed by atoms with Crippen LogP contribution in [-0.2, 0) is 16.1 Å². The van der Waals surface area contributed by atoms with Crippen molar-refractivity contribution in [2.45, 2.75) is 38.5 Å². The number of hydrogen-bond acceptors (Lipinski definition) is 4. The number of nitrogens with zero attached hydrogens (tertiary/aromatic N) is 1. The number of amides is 2. The van der Waals surface area contributed by atoms with E-state index in [4.69, 9.17) is 9.15 Å². The van der Waals surface area contributed by atoms with E-state index >= 15 is 0 Å². The van der Waals surface area contributed by atoms with E-state index in [-0.39, 0.29) is 24.5 Å². The summed E-state index contributed by atoms with van der Waals surface area (Å²) >= 11 is 0. The molecule has 5 rings (SSSR count). The maximum Gasteiger partial charge on any atom is 0.271 e. The highest BCUT2D eigenvalue weighted by Gasteiger charge is 2.35. The van der Waals surface area contributed by atoms with Crippen molar-refractivity contribution in [2.75, 3.05) is 13.2 Å². The van der Waals surface area contributed by atoms with E-state index in [0.717, 1.165) is 29.7 Å². The van der Waals surface area contributed by atoms with Crippen LogP contribution in [0.1, 0.15) is 46.5 Å². The Bertz CT molecular complexity index is 1320. The first kappa shape index (κ1) is 24.6. The molecule has 1 aliphatic rings. The van der Waals surface area contributed by atoms with Crippen molar-refractivity contribution < 1.29 is 18.7 Å². The number of aromatic amines is 1. The second-order valence-corrected chi connectivity index (χ2v) is 9.30. The Morgan fingerprint density at radius 3 is 2.43 bits per heavy atom.